The zero-order valence-electron chi connectivity index (χ0n) is 17.1. The van der Waals surface area contributed by atoms with Gasteiger partial charge in [-0.1, -0.05) is 37.3 Å². The van der Waals surface area contributed by atoms with E-state index in [9.17, 15) is 14.7 Å². The Bertz CT molecular complexity index is 880. The number of rotatable bonds is 7. The van der Waals surface area contributed by atoms with Gasteiger partial charge in [-0.3, -0.25) is 9.59 Å². The summed E-state index contributed by atoms with van der Waals surface area (Å²) in [6, 6.07) is 12.8. The second kappa shape index (κ2) is 8.99. The average molecular weight is 397 g/mol. The highest BCUT2D eigenvalue weighted by atomic mass is 16.5. The maximum atomic E-state index is 13.5. The molecule has 1 heterocycles. The number of amides is 1. The Morgan fingerprint density at radius 1 is 1.14 bits per heavy atom. The number of hydrogen-bond acceptors (Lipinski definition) is 4. The number of fused-ring (bicyclic) bond motifs is 1. The van der Waals surface area contributed by atoms with Crippen molar-refractivity contribution >= 4 is 11.9 Å². The van der Waals surface area contributed by atoms with E-state index >= 15 is 0 Å². The predicted molar refractivity (Wildman–Crippen MR) is 109 cm³/mol. The minimum absolute atomic E-state index is 0.0367. The van der Waals surface area contributed by atoms with E-state index in [1.807, 2.05) is 49.4 Å². The third-order valence-electron chi connectivity index (χ3n) is 5.56. The molecule has 0 spiro atoms. The molecule has 6 nitrogen and oxygen atoms in total. The second-order valence-electron chi connectivity index (χ2n) is 7.17. The number of hydrogen-bond donors (Lipinski definition) is 1. The van der Waals surface area contributed by atoms with Gasteiger partial charge in [-0.2, -0.15) is 0 Å². The first kappa shape index (κ1) is 20.7. The molecule has 2 unspecified atom stereocenters. The molecule has 1 N–H and O–H groups in total. The number of carboxylic acid groups (broad SMARTS) is 1. The van der Waals surface area contributed by atoms with E-state index in [0.29, 0.717) is 30.9 Å². The molecule has 6 heteroatoms. The molecule has 3 rings (SSSR count). The van der Waals surface area contributed by atoms with E-state index in [-0.39, 0.29) is 18.2 Å². The summed E-state index contributed by atoms with van der Waals surface area (Å²) in [5.41, 5.74) is 2.76. The van der Waals surface area contributed by atoms with Crippen molar-refractivity contribution in [3.8, 4) is 11.5 Å². The molecule has 2 aromatic carbocycles. The summed E-state index contributed by atoms with van der Waals surface area (Å²) in [6.07, 6.45) is 1.14. The molecular weight excluding hydrogens is 370 g/mol. The van der Waals surface area contributed by atoms with Gasteiger partial charge in [0.2, 0.25) is 5.91 Å². The summed E-state index contributed by atoms with van der Waals surface area (Å²) in [6.45, 7) is 2.45. The molecule has 0 radical (unpaired) electrons. The Morgan fingerprint density at radius 2 is 1.79 bits per heavy atom. The molecule has 1 amide bonds. The number of nitrogens with zero attached hydrogens (tertiary/aromatic N) is 1. The van der Waals surface area contributed by atoms with E-state index in [1.165, 1.54) is 0 Å². The Hall–Kier alpha value is -3.02. The van der Waals surface area contributed by atoms with Gasteiger partial charge in [0.05, 0.1) is 32.6 Å². The van der Waals surface area contributed by atoms with Crippen molar-refractivity contribution < 1.29 is 24.2 Å². The molecule has 2 atom stereocenters. The zero-order valence-corrected chi connectivity index (χ0v) is 17.1. The molecule has 154 valence electrons. The lowest BCUT2D eigenvalue weighted by Crippen LogP contribution is -2.43. The number of benzene rings is 2. The van der Waals surface area contributed by atoms with Crippen LogP contribution in [0.15, 0.2) is 42.5 Å². The Morgan fingerprint density at radius 3 is 2.38 bits per heavy atom. The van der Waals surface area contributed by atoms with Crippen molar-refractivity contribution in [1.29, 1.82) is 0 Å². The molecule has 1 aliphatic rings. The maximum absolute atomic E-state index is 13.5. The first-order chi connectivity index (χ1) is 14.0. The van der Waals surface area contributed by atoms with E-state index in [4.69, 9.17) is 9.47 Å². The molecule has 0 saturated carbocycles. The summed E-state index contributed by atoms with van der Waals surface area (Å²) in [7, 11) is 3.12. The fourth-order valence-corrected chi connectivity index (χ4v) is 4.12. The summed E-state index contributed by atoms with van der Waals surface area (Å²) < 4.78 is 10.8. The van der Waals surface area contributed by atoms with Crippen LogP contribution in [0.2, 0.25) is 0 Å². The van der Waals surface area contributed by atoms with E-state index in [2.05, 4.69) is 0 Å². The molecule has 0 saturated heterocycles. The molecule has 0 aromatic heterocycles. The predicted octanol–water partition coefficient (Wildman–Crippen LogP) is 3.80. The van der Waals surface area contributed by atoms with Gasteiger partial charge in [-0.05, 0) is 41.7 Å². The summed E-state index contributed by atoms with van der Waals surface area (Å²) in [5, 5.41) is 9.54. The Kier molecular flexibility index (Phi) is 6.42. The normalized spacial score (nSPS) is 16.7. The monoisotopic (exact) mass is 397 g/mol. The average Bonchev–Trinajstić information content (AvgIpc) is 2.73. The highest BCUT2D eigenvalue weighted by Crippen LogP contribution is 2.40. The van der Waals surface area contributed by atoms with E-state index in [0.717, 1.165) is 16.7 Å². The first-order valence-corrected chi connectivity index (χ1v) is 9.82. The summed E-state index contributed by atoms with van der Waals surface area (Å²) >= 11 is 0. The van der Waals surface area contributed by atoms with E-state index in [1.54, 1.807) is 19.1 Å². The van der Waals surface area contributed by atoms with Crippen LogP contribution in [0.1, 0.15) is 48.4 Å². The number of ether oxygens (including phenoxy) is 2. The third kappa shape index (κ3) is 4.21. The van der Waals surface area contributed by atoms with Gasteiger partial charge >= 0.3 is 5.97 Å². The first-order valence-electron chi connectivity index (χ1n) is 9.82. The summed E-state index contributed by atoms with van der Waals surface area (Å²) in [4.78, 5) is 26.9. The highest BCUT2D eigenvalue weighted by Gasteiger charge is 2.36. The lowest BCUT2D eigenvalue weighted by atomic mass is 9.87. The van der Waals surface area contributed by atoms with Gasteiger partial charge in [-0.15, -0.1) is 0 Å². The zero-order chi connectivity index (χ0) is 21.0. The smallest absolute Gasteiger partial charge is 0.305 e. The van der Waals surface area contributed by atoms with Crippen molar-refractivity contribution in [3.05, 3.63) is 59.2 Å². The van der Waals surface area contributed by atoms with Gasteiger partial charge in [0.1, 0.15) is 0 Å². The fourth-order valence-electron chi connectivity index (χ4n) is 4.12. The number of carboxylic acids is 1. The largest absolute Gasteiger partial charge is 0.493 e. The molecule has 2 aromatic rings. The Balaban J connectivity index is 2.01. The van der Waals surface area contributed by atoms with Crippen LogP contribution in [0.3, 0.4) is 0 Å². The molecule has 0 bridgehead atoms. The van der Waals surface area contributed by atoms with Crippen LogP contribution in [-0.4, -0.2) is 42.6 Å². The quantitative estimate of drug-likeness (QED) is 0.769. The van der Waals surface area contributed by atoms with Crippen LogP contribution in [-0.2, 0) is 16.0 Å². The van der Waals surface area contributed by atoms with E-state index < -0.39 is 12.0 Å². The van der Waals surface area contributed by atoms with Gasteiger partial charge < -0.3 is 19.5 Å². The standard InChI is InChI=1S/C23H27NO5/c1-4-17(15-8-6-5-7-9-15)23(27)24-11-10-16-12-20(28-2)21(29-3)13-18(16)19(24)14-22(25)26/h5-9,12-13,17,19H,4,10-11,14H2,1-3H3,(H,25,26). The molecule has 1 aliphatic heterocycles. The van der Waals surface area contributed by atoms with Crippen molar-refractivity contribution in [3.63, 3.8) is 0 Å². The molecular formula is C23H27NO5. The van der Waals surface area contributed by atoms with Crippen LogP contribution in [0.5, 0.6) is 11.5 Å². The highest BCUT2D eigenvalue weighted by molar-refractivity contribution is 5.85. The molecule has 0 fully saturated rings. The molecule has 0 aliphatic carbocycles. The second-order valence-corrected chi connectivity index (χ2v) is 7.17. The minimum Gasteiger partial charge on any atom is -0.493 e. The van der Waals surface area contributed by atoms with Gasteiger partial charge in [0.25, 0.3) is 0 Å². The number of aliphatic carboxylic acids is 1. The van der Waals surface area contributed by atoms with Crippen LogP contribution in [0.4, 0.5) is 0 Å². The maximum Gasteiger partial charge on any atom is 0.305 e. The third-order valence-corrected chi connectivity index (χ3v) is 5.56. The van der Waals surface area contributed by atoms with Crippen LogP contribution >= 0.6 is 0 Å². The topological polar surface area (TPSA) is 76.1 Å². The van der Waals surface area contributed by atoms with Crippen molar-refractivity contribution in [1.82, 2.24) is 4.90 Å². The van der Waals surface area contributed by atoms with Crippen molar-refractivity contribution in [2.24, 2.45) is 0 Å². The van der Waals surface area contributed by atoms with Crippen molar-refractivity contribution in [2.45, 2.75) is 38.1 Å². The van der Waals surface area contributed by atoms with Gasteiger partial charge in [0, 0.05) is 6.54 Å². The van der Waals surface area contributed by atoms with Gasteiger partial charge in [-0.25, -0.2) is 0 Å². The lowest BCUT2D eigenvalue weighted by molar-refractivity contribution is -0.142. The minimum atomic E-state index is -0.941. The number of carbonyl (C=O) groups is 2. The van der Waals surface area contributed by atoms with Crippen LogP contribution < -0.4 is 9.47 Å². The summed E-state index contributed by atoms with van der Waals surface area (Å²) in [5.74, 6) is -0.135. The SMILES string of the molecule is CCC(C(=O)N1CCc2cc(OC)c(OC)cc2C1CC(=O)O)c1ccccc1. The molecule has 29 heavy (non-hydrogen) atoms. The van der Waals surface area contributed by atoms with Crippen LogP contribution in [0, 0.1) is 0 Å². The lowest BCUT2D eigenvalue weighted by Gasteiger charge is -2.39. The van der Waals surface area contributed by atoms with Crippen molar-refractivity contribution in [2.75, 3.05) is 20.8 Å². The fraction of sp³-hybridized carbons (Fsp3) is 0.391. The number of methoxy groups -OCH3 is 2. The van der Waals surface area contributed by atoms with Gasteiger partial charge in [0.15, 0.2) is 11.5 Å². The number of carbonyl (C=O) groups excluding carboxylic acids is 1. The van der Waals surface area contributed by atoms with Crippen LogP contribution in [0.25, 0.3) is 0 Å². The Labute approximate surface area is 171 Å².